The van der Waals surface area contributed by atoms with Crippen molar-refractivity contribution >= 4 is 5.97 Å². The highest BCUT2D eigenvalue weighted by molar-refractivity contribution is 5.79. The molecule has 0 radical (unpaired) electrons. The highest BCUT2D eigenvalue weighted by atomic mass is 16.4. The van der Waals surface area contributed by atoms with Gasteiger partial charge in [-0.25, -0.2) is 0 Å². The third-order valence-corrected chi connectivity index (χ3v) is 4.89. The summed E-state index contributed by atoms with van der Waals surface area (Å²) in [5.74, 6) is -0.620. The van der Waals surface area contributed by atoms with Crippen LogP contribution >= 0.6 is 0 Å². The van der Waals surface area contributed by atoms with E-state index >= 15 is 0 Å². The number of rotatable bonds is 4. The summed E-state index contributed by atoms with van der Waals surface area (Å²) in [6, 6.07) is 1.00. The Morgan fingerprint density at radius 1 is 1.44 bits per heavy atom. The molecule has 18 heavy (non-hydrogen) atoms. The van der Waals surface area contributed by atoms with Crippen LogP contribution in [0.1, 0.15) is 46.5 Å². The summed E-state index contributed by atoms with van der Waals surface area (Å²) in [6.07, 6.45) is 3.68. The van der Waals surface area contributed by atoms with Crippen molar-refractivity contribution in [2.75, 3.05) is 19.6 Å². The van der Waals surface area contributed by atoms with Gasteiger partial charge in [0.2, 0.25) is 0 Å². The summed E-state index contributed by atoms with van der Waals surface area (Å²) in [4.78, 5) is 16.4. The van der Waals surface area contributed by atoms with Gasteiger partial charge in [0, 0.05) is 25.2 Å². The monoisotopic (exact) mass is 254 g/mol. The van der Waals surface area contributed by atoms with E-state index < -0.39 is 11.5 Å². The fourth-order valence-corrected chi connectivity index (χ4v) is 3.68. The first kappa shape index (κ1) is 13.8. The van der Waals surface area contributed by atoms with E-state index in [2.05, 4.69) is 23.6 Å². The fraction of sp³-hybridized carbons (Fsp3) is 0.929. The van der Waals surface area contributed by atoms with E-state index in [-0.39, 0.29) is 0 Å². The summed E-state index contributed by atoms with van der Waals surface area (Å²) < 4.78 is 0. The van der Waals surface area contributed by atoms with Crippen LogP contribution < -0.4 is 0 Å². The van der Waals surface area contributed by atoms with Crippen molar-refractivity contribution in [1.29, 1.82) is 0 Å². The molecule has 0 aromatic rings. The molecule has 0 aliphatic carbocycles. The smallest absolute Gasteiger partial charge is 0.324 e. The first-order valence-electron chi connectivity index (χ1n) is 7.25. The second-order valence-electron chi connectivity index (χ2n) is 6.02. The van der Waals surface area contributed by atoms with Gasteiger partial charge in [0.15, 0.2) is 0 Å². The van der Waals surface area contributed by atoms with Crippen molar-refractivity contribution in [3.63, 3.8) is 0 Å². The Morgan fingerprint density at radius 2 is 2.17 bits per heavy atom. The average molecular weight is 254 g/mol. The third-order valence-electron chi connectivity index (χ3n) is 4.89. The number of carbonyl (C=O) groups is 1. The maximum Gasteiger partial charge on any atom is 0.324 e. The second kappa shape index (κ2) is 5.17. The Hall–Kier alpha value is -0.610. The van der Waals surface area contributed by atoms with E-state index in [1.54, 1.807) is 0 Å². The standard InChI is InChI=1S/C14H26N2O2/c1-4-14(13(17)18)7-5-8-16(14)12-6-9-15(10-12)11(2)3/h11-12H,4-10H2,1-3H3,(H,17,18). The maximum absolute atomic E-state index is 11.7. The molecule has 0 aromatic carbocycles. The van der Waals surface area contributed by atoms with Gasteiger partial charge < -0.3 is 5.11 Å². The van der Waals surface area contributed by atoms with Crippen LogP contribution in [0.5, 0.6) is 0 Å². The van der Waals surface area contributed by atoms with Crippen LogP contribution in [0, 0.1) is 0 Å². The molecule has 0 bridgehead atoms. The molecule has 0 aromatic heterocycles. The molecule has 2 rings (SSSR count). The molecule has 1 N–H and O–H groups in total. The molecular formula is C14H26N2O2. The largest absolute Gasteiger partial charge is 0.480 e. The Kier molecular flexibility index (Phi) is 3.97. The first-order chi connectivity index (χ1) is 8.51. The van der Waals surface area contributed by atoms with Crippen molar-refractivity contribution in [3.05, 3.63) is 0 Å². The third kappa shape index (κ3) is 2.16. The van der Waals surface area contributed by atoms with Crippen molar-refractivity contribution < 1.29 is 9.90 Å². The Labute approximate surface area is 110 Å². The molecule has 2 saturated heterocycles. The molecule has 2 aliphatic heterocycles. The van der Waals surface area contributed by atoms with Crippen LogP contribution in [0.15, 0.2) is 0 Å². The van der Waals surface area contributed by atoms with Crippen LogP contribution in [0.4, 0.5) is 0 Å². The topological polar surface area (TPSA) is 43.8 Å². The van der Waals surface area contributed by atoms with E-state index in [4.69, 9.17) is 0 Å². The lowest BCUT2D eigenvalue weighted by Gasteiger charge is -2.38. The number of nitrogens with zero attached hydrogens (tertiary/aromatic N) is 2. The van der Waals surface area contributed by atoms with Gasteiger partial charge in [-0.2, -0.15) is 0 Å². The van der Waals surface area contributed by atoms with Crippen LogP contribution in [0.3, 0.4) is 0 Å². The van der Waals surface area contributed by atoms with Crippen molar-refractivity contribution in [2.24, 2.45) is 0 Å². The molecule has 2 aliphatic rings. The van der Waals surface area contributed by atoms with E-state index in [1.807, 2.05) is 6.92 Å². The van der Waals surface area contributed by atoms with Gasteiger partial charge in [0.25, 0.3) is 0 Å². The molecular weight excluding hydrogens is 228 g/mol. The molecule has 2 unspecified atom stereocenters. The van der Waals surface area contributed by atoms with Crippen molar-refractivity contribution in [2.45, 2.75) is 64.1 Å². The highest BCUT2D eigenvalue weighted by Crippen LogP contribution is 2.37. The van der Waals surface area contributed by atoms with Gasteiger partial charge in [-0.3, -0.25) is 14.6 Å². The van der Waals surface area contributed by atoms with Crippen LogP contribution in [-0.4, -0.2) is 58.1 Å². The molecule has 2 fully saturated rings. The summed E-state index contributed by atoms with van der Waals surface area (Å²) in [6.45, 7) is 9.55. The Balaban J connectivity index is 2.11. The second-order valence-corrected chi connectivity index (χ2v) is 6.02. The van der Waals surface area contributed by atoms with Gasteiger partial charge in [-0.05, 0) is 46.1 Å². The van der Waals surface area contributed by atoms with Crippen molar-refractivity contribution in [3.8, 4) is 0 Å². The van der Waals surface area contributed by atoms with Gasteiger partial charge in [0.05, 0.1) is 0 Å². The number of carboxylic acid groups (broad SMARTS) is 1. The number of carboxylic acids is 1. The van der Waals surface area contributed by atoms with Gasteiger partial charge in [-0.15, -0.1) is 0 Å². The van der Waals surface area contributed by atoms with E-state index in [1.165, 1.54) is 0 Å². The molecule has 4 heteroatoms. The predicted octanol–water partition coefficient (Wildman–Crippen LogP) is 1.80. The highest BCUT2D eigenvalue weighted by Gasteiger charge is 2.49. The lowest BCUT2D eigenvalue weighted by Crippen LogP contribution is -2.55. The Morgan fingerprint density at radius 3 is 2.67 bits per heavy atom. The van der Waals surface area contributed by atoms with Crippen LogP contribution in [-0.2, 0) is 4.79 Å². The quantitative estimate of drug-likeness (QED) is 0.831. The minimum atomic E-state index is -0.620. The van der Waals surface area contributed by atoms with Crippen molar-refractivity contribution in [1.82, 2.24) is 9.80 Å². The average Bonchev–Trinajstić information content (AvgIpc) is 2.95. The molecule has 0 amide bonds. The summed E-state index contributed by atoms with van der Waals surface area (Å²) in [5.41, 5.74) is -0.586. The van der Waals surface area contributed by atoms with Gasteiger partial charge in [0.1, 0.15) is 5.54 Å². The molecule has 4 nitrogen and oxygen atoms in total. The molecule has 104 valence electrons. The molecule has 0 spiro atoms. The number of hydrogen-bond acceptors (Lipinski definition) is 3. The summed E-state index contributed by atoms with van der Waals surface area (Å²) in [7, 11) is 0. The molecule has 0 saturated carbocycles. The number of likely N-dealkylation sites (tertiary alicyclic amines) is 2. The first-order valence-corrected chi connectivity index (χ1v) is 7.25. The zero-order valence-corrected chi connectivity index (χ0v) is 11.9. The predicted molar refractivity (Wildman–Crippen MR) is 71.7 cm³/mol. The van der Waals surface area contributed by atoms with Gasteiger partial charge >= 0.3 is 5.97 Å². The molecule has 2 atom stereocenters. The maximum atomic E-state index is 11.7. The SMILES string of the molecule is CCC1(C(=O)O)CCCN1C1CCN(C(C)C)C1. The number of hydrogen-bond donors (Lipinski definition) is 1. The fourth-order valence-electron chi connectivity index (χ4n) is 3.68. The lowest BCUT2D eigenvalue weighted by atomic mass is 9.91. The summed E-state index contributed by atoms with van der Waals surface area (Å²) in [5, 5.41) is 9.61. The normalized spacial score (nSPS) is 34.6. The van der Waals surface area contributed by atoms with Crippen LogP contribution in [0.25, 0.3) is 0 Å². The zero-order valence-electron chi connectivity index (χ0n) is 11.9. The minimum Gasteiger partial charge on any atom is -0.480 e. The van der Waals surface area contributed by atoms with Gasteiger partial charge in [-0.1, -0.05) is 6.92 Å². The number of aliphatic carboxylic acids is 1. The Bertz CT molecular complexity index is 319. The zero-order chi connectivity index (χ0) is 13.3. The molecule has 2 heterocycles. The minimum absolute atomic E-state index is 0.436. The van der Waals surface area contributed by atoms with E-state index in [0.717, 1.165) is 45.3 Å². The van der Waals surface area contributed by atoms with Crippen LogP contribution in [0.2, 0.25) is 0 Å². The summed E-state index contributed by atoms with van der Waals surface area (Å²) >= 11 is 0. The lowest BCUT2D eigenvalue weighted by molar-refractivity contribution is -0.151. The van der Waals surface area contributed by atoms with E-state index in [9.17, 15) is 9.90 Å². The van der Waals surface area contributed by atoms with E-state index in [0.29, 0.717) is 12.1 Å².